The number of hydrogen-bond acceptors (Lipinski definition) is 0. The van der Waals surface area contributed by atoms with Gasteiger partial charge in [-0.3, -0.25) is 12.2 Å². The Morgan fingerprint density at radius 2 is 1.04 bits per heavy atom. The molecule has 2 aliphatic rings. The molecule has 0 unspecified atom stereocenters. The topological polar surface area (TPSA) is 0 Å². The number of hydrogen-bond donors (Lipinski definition) is 0. The van der Waals surface area contributed by atoms with Crippen LogP contribution < -0.4 is 0 Å². The fourth-order valence-corrected chi connectivity index (χ4v) is 2.77. The molecular weight excluding hydrogens is 467 g/mol. The summed E-state index contributed by atoms with van der Waals surface area (Å²) in [7, 11) is 0. The van der Waals surface area contributed by atoms with Gasteiger partial charge in [0.25, 0.3) is 0 Å². The van der Waals surface area contributed by atoms with Crippen molar-refractivity contribution in [2.75, 3.05) is 0 Å². The average molecular weight is 491 g/mol. The Morgan fingerprint density at radius 1 is 0.640 bits per heavy atom. The van der Waals surface area contributed by atoms with Crippen LogP contribution in [0.15, 0.2) is 96.1 Å². The molecule has 124 valence electrons. The first kappa shape index (κ1) is 19.6. The van der Waals surface area contributed by atoms with Gasteiger partial charge in [-0.25, -0.2) is 23.3 Å². The third-order valence-corrected chi connectivity index (χ3v) is 4.01. The van der Waals surface area contributed by atoms with Crippen LogP contribution in [0.1, 0.15) is 26.8 Å². The molecule has 0 amide bonds. The molecule has 0 radical (unpaired) electrons. The maximum absolute atomic E-state index is 3.31. The van der Waals surface area contributed by atoms with Crippen molar-refractivity contribution in [1.82, 2.24) is 0 Å². The Hall–Kier alpha value is -1.73. The van der Waals surface area contributed by atoms with Crippen molar-refractivity contribution in [3.8, 4) is 0 Å². The Balaban J connectivity index is 0.000000451. The number of rotatable bonds is 4. The molecule has 0 aromatic heterocycles. The van der Waals surface area contributed by atoms with E-state index in [0.29, 0.717) is 0 Å². The van der Waals surface area contributed by atoms with E-state index < -0.39 is 0 Å². The minimum Gasteiger partial charge on any atom is -1.00 e. The second-order valence-corrected chi connectivity index (χ2v) is 5.94. The van der Waals surface area contributed by atoms with Crippen molar-refractivity contribution in [2.24, 2.45) is 0 Å². The Kier molecular flexibility index (Phi) is 8.62. The molecule has 0 fully saturated rings. The summed E-state index contributed by atoms with van der Waals surface area (Å²) in [5.74, 6) is 0. The smallest absolute Gasteiger partial charge is 1.00 e. The van der Waals surface area contributed by atoms with Crippen molar-refractivity contribution >= 4 is 0 Å². The summed E-state index contributed by atoms with van der Waals surface area (Å²) in [6.45, 7) is 0. The van der Waals surface area contributed by atoms with Gasteiger partial charge in [0.2, 0.25) is 0 Å². The van der Waals surface area contributed by atoms with Crippen molar-refractivity contribution in [3.63, 3.8) is 0 Å². The fourth-order valence-electron chi connectivity index (χ4n) is 2.77. The normalized spacial score (nSPS) is 14.2. The van der Waals surface area contributed by atoms with Gasteiger partial charge in [-0.05, 0) is 24.0 Å². The molecule has 4 rings (SSSR count). The maximum atomic E-state index is 3.31. The van der Waals surface area contributed by atoms with Crippen molar-refractivity contribution in [3.05, 3.63) is 119 Å². The van der Waals surface area contributed by atoms with Crippen LogP contribution in [0.5, 0.6) is 0 Å². The van der Waals surface area contributed by atoms with Crippen LogP contribution in [0.3, 0.4) is 0 Å². The molecule has 0 heterocycles. The second-order valence-electron chi connectivity index (χ2n) is 5.94. The van der Waals surface area contributed by atoms with Gasteiger partial charge in [0.05, 0.1) is 0 Å². The SMILES string of the molecule is [C-]1=C(Cc2ccccc2)C=CC1.[C-]1=C(Cc2ccccc2)C=CC1.[H-].[H-].[Hf+4]. The zero-order valence-electron chi connectivity index (χ0n) is 16.4. The first-order valence-corrected chi connectivity index (χ1v) is 8.50. The number of allylic oxidation sites excluding steroid dienone is 8. The zero-order valence-corrected chi connectivity index (χ0v) is 18.0. The molecule has 0 spiro atoms. The van der Waals surface area contributed by atoms with Gasteiger partial charge in [-0.15, -0.1) is 12.8 Å². The van der Waals surface area contributed by atoms with E-state index in [1.807, 2.05) is 12.1 Å². The van der Waals surface area contributed by atoms with Gasteiger partial charge in [-0.2, -0.15) is 12.2 Å². The summed E-state index contributed by atoms with van der Waals surface area (Å²) >= 11 is 0. The van der Waals surface area contributed by atoms with E-state index in [9.17, 15) is 0 Å². The van der Waals surface area contributed by atoms with E-state index >= 15 is 0 Å². The molecule has 2 aromatic rings. The first-order valence-electron chi connectivity index (χ1n) is 8.50. The summed E-state index contributed by atoms with van der Waals surface area (Å²) in [6.07, 6.45) is 19.3. The van der Waals surface area contributed by atoms with Crippen molar-refractivity contribution in [1.29, 1.82) is 0 Å². The Bertz CT molecular complexity index is 692. The van der Waals surface area contributed by atoms with E-state index in [0.717, 1.165) is 25.7 Å². The summed E-state index contributed by atoms with van der Waals surface area (Å²) in [4.78, 5) is 0. The minimum atomic E-state index is 0. The van der Waals surface area contributed by atoms with Crippen LogP contribution in [-0.4, -0.2) is 0 Å². The molecule has 0 N–H and O–H groups in total. The second kappa shape index (κ2) is 11.0. The summed E-state index contributed by atoms with van der Waals surface area (Å²) in [5.41, 5.74) is 5.38. The van der Waals surface area contributed by atoms with Crippen LogP contribution in [-0.2, 0) is 38.7 Å². The zero-order chi connectivity index (χ0) is 16.5. The largest absolute Gasteiger partial charge is 4.00 e. The van der Waals surface area contributed by atoms with Gasteiger partial charge in [0.1, 0.15) is 0 Å². The Morgan fingerprint density at radius 3 is 1.36 bits per heavy atom. The van der Waals surface area contributed by atoms with Crippen LogP contribution in [0, 0.1) is 12.2 Å². The van der Waals surface area contributed by atoms with E-state index in [1.165, 1.54) is 22.3 Å². The van der Waals surface area contributed by atoms with Crippen molar-refractivity contribution < 1.29 is 28.7 Å². The third kappa shape index (κ3) is 6.96. The summed E-state index contributed by atoms with van der Waals surface area (Å²) < 4.78 is 0. The summed E-state index contributed by atoms with van der Waals surface area (Å²) in [6, 6.07) is 21.0. The van der Waals surface area contributed by atoms with Gasteiger partial charge in [-0.1, -0.05) is 60.7 Å². The summed E-state index contributed by atoms with van der Waals surface area (Å²) in [5, 5.41) is 0. The van der Waals surface area contributed by atoms with E-state index in [-0.39, 0.29) is 28.7 Å². The average Bonchev–Trinajstić information content (AvgIpc) is 3.32. The van der Waals surface area contributed by atoms with Gasteiger partial charge < -0.3 is 2.85 Å². The van der Waals surface area contributed by atoms with Crippen molar-refractivity contribution in [2.45, 2.75) is 25.7 Å². The van der Waals surface area contributed by atoms with Gasteiger partial charge >= 0.3 is 25.8 Å². The van der Waals surface area contributed by atoms with E-state index in [1.54, 1.807) is 0 Å². The molecule has 0 nitrogen and oxygen atoms in total. The standard InChI is InChI=1S/2C12H11.Hf.2H/c2*1-2-6-11(7-3-1)10-12-8-4-5-9-12;;;/h2*1-4,6-8H,5,10H2;;;/q2*-1;+4;2*-1. The molecule has 0 saturated heterocycles. The van der Waals surface area contributed by atoms with E-state index in [2.05, 4.69) is 85.0 Å². The minimum absolute atomic E-state index is 0. The molecule has 0 saturated carbocycles. The molecule has 2 aromatic carbocycles. The van der Waals surface area contributed by atoms with Gasteiger partial charge in [0.15, 0.2) is 0 Å². The van der Waals surface area contributed by atoms with Crippen LogP contribution in [0.25, 0.3) is 0 Å². The number of benzene rings is 2. The first-order chi connectivity index (χ1) is 11.9. The maximum Gasteiger partial charge on any atom is 4.00 e. The molecule has 25 heavy (non-hydrogen) atoms. The monoisotopic (exact) mass is 492 g/mol. The molecule has 2 aliphatic carbocycles. The molecule has 0 bridgehead atoms. The molecule has 0 atom stereocenters. The predicted octanol–water partition coefficient (Wildman–Crippen LogP) is 6.06. The van der Waals surface area contributed by atoms with Crippen LogP contribution >= 0.6 is 0 Å². The third-order valence-electron chi connectivity index (χ3n) is 4.01. The van der Waals surface area contributed by atoms with Crippen LogP contribution in [0.2, 0.25) is 0 Å². The van der Waals surface area contributed by atoms with E-state index in [4.69, 9.17) is 0 Å². The quantitative estimate of drug-likeness (QED) is 0.361. The van der Waals surface area contributed by atoms with Gasteiger partial charge in [0, 0.05) is 0 Å². The van der Waals surface area contributed by atoms with Crippen LogP contribution in [0.4, 0.5) is 0 Å². The fraction of sp³-hybridized carbons (Fsp3) is 0.167. The molecule has 1 heteroatoms. The Labute approximate surface area is 173 Å². The molecule has 0 aliphatic heterocycles. The molecular formula is C24H24Hf. The predicted molar refractivity (Wildman–Crippen MR) is 104 cm³/mol.